The molecular weight excluding hydrogens is 256 g/mol. The molecule has 2 heteroatoms. The molecular formula is C19H30N2. The topological polar surface area (TPSA) is 15.3 Å². The lowest BCUT2D eigenvalue weighted by Crippen LogP contribution is -2.46. The zero-order chi connectivity index (χ0) is 14.5. The van der Waals surface area contributed by atoms with Crippen LogP contribution in [0.25, 0.3) is 0 Å². The van der Waals surface area contributed by atoms with Crippen molar-refractivity contribution in [3.05, 3.63) is 35.9 Å². The lowest BCUT2D eigenvalue weighted by Gasteiger charge is -2.41. The van der Waals surface area contributed by atoms with Gasteiger partial charge in [-0.05, 0) is 82.6 Å². The van der Waals surface area contributed by atoms with Crippen LogP contribution in [0.15, 0.2) is 30.3 Å². The van der Waals surface area contributed by atoms with Gasteiger partial charge in [0.05, 0.1) is 0 Å². The Morgan fingerprint density at radius 2 is 1.71 bits per heavy atom. The van der Waals surface area contributed by atoms with Gasteiger partial charge in [0.1, 0.15) is 0 Å². The molecule has 2 aliphatic rings. The molecule has 2 saturated heterocycles. The van der Waals surface area contributed by atoms with E-state index in [0.717, 1.165) is 17.9 Å². The Morgan fingerprint density at radius 3 is 2.38 bits per heavy atom. The van der Waals surface area contributed by atoms with E-state index >= 15 is 0 Å². The number of nitrogens with one attached hydrogen (secondary N) is 1. The monoisotopic (exact) mass is 286 g/mol. The van der Waals surface area contributed by atoms with E-state index in [1.54, 1.807) is 0 Å². The van der Waals surface area contributed by atoms with Gasteiger partial charge >= 0.3 is 0 Å². The van der Waals surface area contributed by atoms with Crippen LogP contribution < -0.4 is 5.32 Å². The molecule has 1 N–H and O–H groups in total. The Kier molecular flexibility index (Phi) is 5.32. The molecule has 1 aromatic carbocycles. The fourth-order valence-corrected chi connectivity index (χ4v) is 4.14. The number of rotatable bonds is 4. The summed E-state index contributed by atoms with van der Waals surface area (Å²) < 4.78 is 0. The van der Waals surface area contributed by atoms with Crippen molar-refractivity contribution in [3.63, 3.8) is 0 Å². The van der Waals surface area contributed by atoms with E-state index in [2.05, 4.69) is 47.5 Å². The van der Waals surface area contributed by atoms with Crippen LogP contribution in [0.5, 0.6) is 0 Å². The van der Waals surface area contributed by atoms with Crippen LogP contribution in [0.2, 0.25) is 0 Å². The van der Waals surface area contributed by atoms with E-state index in [-0.39, 0.29) is 0 Å². The second kappa shape index (κ2) is 7.42. The second-order valence-electron chi connectivity index (χ2n) is 7.00. The zero-order valence-electron chi connectivity index (χ0n) is 13.4. The predicted molar refractivity (Wildman–Crippen MR) is 89.5 cm³/mol. The van der Waals surface area contributed by atoms with E-state index in [0.29, 0.717) is 0 Å². The molecule has 0 aliphatic carbocycles. The van der Waals surface area contributed by atoms with Crippen molar-refractivity contribution in [2.24, 2.45) is 11.8 Å². The summed E-state index contributed by atoms with van der Waals surface area (Å²) in [5.74, 6) is 1.81. The van der Waals surface area contributed by atoms with E-state index in [9.17, 15) is 0 Å². The molecule has 0 radical (unpaired) electrons. The first-order valence-corrected chi connectivity index (χ1v) is 8.81. The molecule has 2 fully saturated rings. The molecule has 1 atom stereocenters. The van der Waals surface area contributed by atoms with Crippen molar-refractivity contribution in [2.75, 3.05) is 26.2 Å². The van der Waals surface area contributed by atoms with Crippen LogP contribution in [0.1, 0.15) is 38.2 Å². The van der Waals surface area contributed by atoms with Crippen LogP contribution in [0.4, 0.5) is 0 Å². The highest BCUT2D eigenvalue weighted by Gasteiger charge is 2.28. The molecule has 3 rings (SSSR count). The molecule has 1 aromatic rings. The summed E-state index contributed by atoms with van der Waals surface area (Å²) in [7, 11) is 0. The maximum absolute atomic E-state index is 3.49. The lowest BCUT2D eigenvalue weighted by molar-refractivity contribution is 0.0921. The first-order chi connectivity index (χ1) is 10.3. The molecule has 0 aromatic heterocycles. The summed E-state index contributed by atoms with van der Waals surface area (Å²) in [5, 5.41) is 3.49. The Bertz CT molecular complexity index is 403. The van der Waals surface area contributed by atoms with E-state index in [1.165, 1.54) is 63.8 Å². The number of nitrogens with zero attached hydrogens (tertiary/aromatic N) is 1. The highest BCUT2D eigenvalue weighted by atomic mass is 15.2. The van der Waals surface area contributed by atoms with Crippen molar-refractivity contribution < 1.29 is 0 Å². The number of piperidine rings is 2. The quantitative estimate of drug-likeness (QED) is 0.913. The Balaban J connectivity index is 1.46. The molecule has 0 bridgehead atoms. The van der Waals surface area contributed by atoms with Gasteiger partial charge in [0.2, 0.25) is 0 Å². The molecule has 116 valence electrons. The third kappa shape index (κ3) is 4.08. The van der Waals surface area contributed by atoms with Gasteiger partial charge in [-0.1, -0.05) is 30.3 Å². The minimum atomic E-state index is 0.782. The Morgan fingerprint density at radius 1 is 1.05 bits per heavy atom. The van der Waals surface area contributed by atoms with Gasteiger partial charge in [0.15, 0.2) is 0 Å². The highest BCUT2D eigenvalue weighted by molar-refractivity contribution is 5.15. The average molecular weight is 286 g/mol. The van der Waals surface area contributed by atoms with Crippen molar-refractivity contribution in [1.82, 2.24) is 10.2 Å². The SMILES string of the molecule is CC(C1CCNCC1)N1CCC(Cc2ccccc2)CC1. The van der Waals surface area contributed by atoms with Gasteiger partial charge in [-0.3, -0.25) is 0 Å². The van der Waals surface area contributed by atoms with E-state index < -0.39 is 0 Å². The molecule has 2 nitrogen and oxygen atoms in total. The number of benzene rings is 1. The third-order valence-corrected chi connectivity index (χ3v) is 5.66. The fourth-order valence-electron chi connectivity index (χ4n) is 4.14. The first kappa shape index (κ1) is 15.1. The summed E-state index contributed by atoms with van der Waals surface area (Å²) in [6.45, 7) is 7.53. The summed E-state index contributed by atoms with van der Waals surface area (Å²) in [6.07, 6.45) is 6.76. The van der Waals surface area contributed by atoms with Crippen LogP contribution in [0, 0.1) is 11.8 Å². The Labute approximate surface area is 129 Å². The third-order valence-electron chi connectivity index (χ3n) is 5.66. The van der Waals surface area contributed by atoms with Gasteiger partial charge < -0.3 is 10.2 Å². The van der Waals surface area contributed by atoms with Crippen molar-refractivity contribution in [3.8, 4) is 0 Å². The highest BCUT2D eigenvalue weighted by Crippen LogP contribution is 2.27. The maximum Gasteiger partial charge on any atom is 0.00961 e. The molecule has 0 amide bonds. The molecule has 0 saturated carbocycles. The molecule has 1 unspecified atom stereocenters. The number of hydrogen-bond acceptors (Lipinski definition) is 2. The van der Waals surface area contributed by atoms with Gasteiger partial charge in [-0.2, -0.15) is 0 Å². The van der Waals surface area contributed by atoms with Gasteiger partial charge in [0.25, 0.3) is 0 Å². The van der Waals surface area contributed by atoms with Crippen LogP contribution in [-0.2, 0) is 6.42 Å². The minimum Gasteiger partial charge on any atom is -0.317 e. The molecule has 0 spiro atoms. The van der Waals surface area contributed by atoms with Gasteiger partial charge in [0, 0.05) is 6.04 Å². The summed E-state index contributed by atoms with van der Waals surface area (Å²) in [4.78, 5) is 2.76. The summed E-state index contributed by atoms with van der Waals surface area (Å²) >= 11 is 0. The largest absolute Gasteiger partial charge is 0.317 e. The molecule has 21 heavy (non-hydrogen) atoms. The van der Waals surface area contributed by atoms with E-state index in [1.807, 2.05) is 0 Å². The van der Waals surface area contributed by atoms with Crippen LogP contribution >= 0.6 is 0 Å². The summed E-state index contributed by atoms with van der Waals surface area (Å²) in [6, 6.07) is 11.8. The minimum absolute atomic E-state index is 0.782. The fraction of sp³-hybridized carbons (Fsp3) is 0.684. The number of likely N-dealkylation sites (tertiary alicyclic amines) is 1. The van der Waals surface area contributed by atoms with Crippen LogP contribution in [-0.4, -0.2) is 37.1 Å². The van der Waals surface area contributed by atoms with Crippen molar-refractivity contribution in [2.45, 2.75) is 45.1 Å². The average Bonchev–Trinajstić information content (AvgIpc) is 2.57. The predicted octanol–water partition coefficient (Wildman–Crippen LogP) is 3.33. The second-order valence-corrected chi connectivity index (χ2v) is 7.00. The Hall–Kier alpha value is -0.860. The first-order valence-electron chi connectivity index (χ1n) is 8.81. The lowest BCUT2D eigenvalue weighted by atomic mass is 9.86. The standard InChI is InChI=1S/C19H30N2/c1-16(19-7-11-20-12-8-19)21-13-9-18(10-14-21)15-17-5-3-2-4-6-17/h2-6,16,18-20H,7-15H2,1H3. The molecule has 2 aliphatic heterocycles. The summed E-state index contributed by atoms with van der Waals surface area (Å²) in [5.41, 5.74) is 1.52. The zero-order valence-corrected chi connectivity index (χ0v) is 13.4. The smallest absolute Gasteiger partial charge is 0.00961 e. The van der Waals surface area contributed by atoms with Gasteiger partial charge in [-0.15, -0.1) is 0 Å². The number of hydrogen-bond donors (Lipinski definition) is 1. The normalized spacial score (nSPS) is 24.0. The van der Waals surface area contributed by atoms with Crippen LogP contribution in [0.3, 0.4) is 0 Å². The molecule has 2 heterocycles. The maximum atomic E-state index is 3.49. The van der Waals surface area contributed by atoms with Gasteiger partial charge in [-0.25, -0.2) is 0 Å². The van der Waals surface area contributed by atoms with Crippen molar-refractivity contribution in [1.29, 1.82) is 0 Å². The van der Waals surface area contributed by atoms with E-state index in [4.69, 9.17) is 0 Å². The van der Waals surface area contributed by atoms with Crippen molar-refractivity contribution >= 4 is 0 Å².